The second-order valence-corrected chi connectivity index (χ2v) is 9.71. The highest BCUT2D eigenvalue weighted by atomic mass is 32.2. The van der Waals surface area contributed by atoms with Crippen molar-refractivity contribution in [1.29, 1.82) is 0 Å². The van der Waals surface area contributed by atoms with E-state index in [1.54, 1.807) is 0 Å². The van der Waals surface area contributed by atoms with E-state index in [4.69, 9.17) is 0 Å². The zero-order chi connectivity index (χ0) is 19.3. The first kappa shape index (κ1) is 26.3. The van der Waals surface area contributed by atoms with E-state index in [0.717, 1.165) is 5.75 Å². The van der Waals surface area contributed by atoms with Crippen molar-refractivity contribution in [1.82, 2.24) is 0 Å². The van der Waals surface area contributed by atoms with Crippen LogP contribution in [0.5, 0.6) is 0 Å². The molecule has 1 unspecified atom stereocenters. The quantitative estimate of drug-likeness (QED) is 0.200. The maximum absolute atomic E-state index is 9.33. The van der Waals surface area contributed by atoms with Gasteiger partial charge >= 0.3 is 0 Å². The van der Waals surface area contributed by atoms with Gasteiger partial charge in [-0.1, -0.05) is 117 Å². The summed E-state index contributed by atoms with van der Waals surface area (Å²) in [5.41, 5.74) is 0. The van der Waals surface area contributed by atoms with Crippen LogP contribution >= 0.6 is 11.8 Å². The molecule has 0 aromatic heterocycles. The third kappa shape index (κ3) is 19.1. The lowest BCUT2D eigenvalue weighted by Gasteiger charge is -2.17. The van der Waals surface area contributed by atoms with Crippen molar-refractivity contribution in [2.75, 3.05) is 18.1 Å². The standard InChI is InChI=1S/C24H50OS/c1-4-5-6-7-8-9-10-11-12-13-14-15-16-17-18-19-20-26-22-24(21-25)23(2)3/h23-25H,4-22H2,1-3H3. The van der Waals surface area contributed by atoms with Crippen molar-refractivity contribution < 1.29 is 5.11 Å². The first-order valence-electron chi connectivity index (χ1n) is 11.9. The lowest BCUT2D eigenvalue weighted by atomic mass is 9.99. The van der Waals surface area contributed by atoms with Crippen LogP contribution in [-0.2, 0) is 0 Å². The summed E-state index contributed by atoms with van der Waals surface area (Å²) in [7, 11) is 0. The first-order chi connectivity index (χ1) is 12.7. The van der Waals surface area contributed by atoms with Crippen molar-refractivity contribution in [3.63, 3.8) is 0 Å². The van der Waals surface area contributed by atoms with Gasteiger partial charge in [0, 0.05) is 6.61 Å². The van der Waals surface area contributed by atoms with Gasteiger partial charge in [-0.2, -0.15) is 11.8 Å². The molecule has 0 aliphatic rings. The zero-order valence-electron chi connectivity index (χ0n) is 18.4. The molecule has 0 radical (unpaired) electrons. The molecular formula is C24H50OS. The SMILES string of the molecule is CCCCCCCCCCCCCCCCCCSCC(CO)C(C)C. The normalized spacial score (nSPS) is 12.8. The molecule has 0 saturated carbocycles. The fourth-order valence-corrected chi connectivity index (χ4v) is 4.81. The topological polar surface area (TPSA) is 20.2 Å². The van der Waals surface area contributed by atoms with Crippen molar-refractivity contribution in [2.24, 2.45) is 11.8 Å². The molecule has 1 N–H and O–H groups in total. The second-order valence-electron chi connectivity index (χ2n) is 8.56. The molecule has 2 heteroatoms. The van der Waals surface area contributed by atoms with Crippen LogP contribution in [0.1, 0.15) is 124 Å². The largest absolute Gasteiger partial charge is 0.396 e. The minimum Gasteiger partial charge on any atom is -0.396 e. The average Bonchev–Trinajstić information content (AvgIpc) is 2.63. The molecule has 0 fully saturated rings. The molecule has 0 amide bonds. The first-order valence-corrected chi connectivity index (χ1v) is 13.1. The van der Waals surface area contributed by atoms with E-state index in [9.17, 15) is 5.11 Å². The van der Waals surface area contributed by atoms with Gasteiger partial charge < -0.3 is 5.11 Å². The van der Waals surface area contributed by atoms with E-state index in [-0.39, 0.29) is 0 Å². The van der Waals surface area contributed by atoms with Gasteiger partial charge in [0.25, 0.3) is 0 Å². The zero-order valence-corrected chi connectivity index (χ0v) is 19.3. The van der Waals surface area contributed by atoms with Gasteiger partial charge in [-0.05, 0) is 29.8 Å². The molecule has 0 aliphatic heterocycles. The number of rotatable bonds is 21. The molecule has 0 saturated heterocycles. The maximum Gasteiger partial charge on any atom is 0.0469 e. The Kier molecular flexibility index (Phi) is 21.9. The van der Waals surface area contributed by atoms with E-state index in [1.165, 1.54) is 108 Å². The lowest BCUT2D eigenvalue weighted by molar-refractivity contribution is 0.206. The summed E-state index contributed by atoms with van der Waals surface area (Å²) < 4.78 is 0. The molecular weight excluding hydrogens is 336 g/mol. The third-order valence-corrected chi connectivity index (χ3v) is 6.89. The number of hydrogen-bond donors (Lipinski definition) is 1. The summed E-state index contributed by atoms with van der Waals surface area (Å²) in [4.78, 5) is 0. The molecule has 0 heterocycles. The third-order valence-electron chi connectivity index (χ3n) is 5.65. The molecule has 26 heavy (non-hydrogen) atoms. The Morgan fingerprint density at radius 2 is 1.00 bits per heavy atom. The van der Waals surface area contributed by atoms with Crippen LogP contribution < -0.4 is 0 Å². The Labute approximate surface area is 170 Å². The highest BCUT2D eigenvalue weighted by Crippen LogP contribution is 2.18. The van der Waals surface area contributed by atoms with Crippen LogP contribution in [0.4, 0.5) is 0 Å². The van der Waals surface area contributed by atoms with Gasteiger partial charge in [0.2, 0.25) is 0 Å². The minimum absolute atomic E-state index is 0.351. The van der Waals surface area contributed by atoms with E-state index >= 15 is 0 Å². The summed E-state index contributed by atoms with van der Waals surface area (Å²) in [6.45, 7) is 7.08. The fourth-order valence-electron chi connectivity index (χ4n) is 3.44. The van der Waals surface area contributed by atoms with E-state index in [1.807, 2.05) is 11.8 Å². The Balaban J connectivity index is 3.09. The molecule has 1 atom stereocenters. The van der Waals surface area contributed by atoms with Crippen LogP contribution in [0.25, 0.3) is 0 Å². The fraction of sp³-hybridized carbons (Fsp3) is 1.00. The van der Waals surface area contributed by atoms with Crippen LogP contribution in [0, 0.1) is 11.8 Å². The summed E-state index contributed by atoms with van der Waals surface area (Å²) >= 11 is 2.04. The lowest BCUT2D eigenvalue weighted by Crippen LogP contribution is -2.16. The number of unbranched alkanes of at least 4 members (excludes halogenated alkanes) is 15. The predicted octanol–water partition coefficient (Wildman–Crippen LogP) is 8.25. The Bertz CT molecular complexity index is 255. The average molecular weight is 387 g/mol. The van der Waals surface area contributed by atoms with Gasteiger partial charge in [-0.15, -0.1) is 0 Å². The number of aliphatic hydroxyl groups is 1. The van der Waals surface area contributed by atoms with E-state index < -0.39 is 0 Å². The Morgan fingerprint density at radius 3 is 1.35 bits per heavy atom. The summed E-state index contributed by atoms with van der Waals surface area (Å²) in [6.07, 6.45) is 23.0. The van der Waals surface area contributed by atoms with Gasteiger partial charge in [0.1, 0.15) is 0 Å². The Hall–Kier alpha value is 0.310. The molecule has 0 bridgehead atoms. The maximum atomic E-state index is 9.33. The van der Waals surface area contributed by atoms with E-state index in [2.05, 4.69) is 20.8 Å². The molecule has 0 rings (SSSR count). The molecule has 0 aromatic carbocycles. The van der Waals surface area contributed by atoms with Crippen molar-refractivity contribution in [3.8, 4) is 0 Å². The second kappa shape index (κ2) is 21.6. The smallest absolute Gasteiger partial charge is 0.0469 e. The van der Waals surface area contributed by atoms with E-state index in [0.29, 0.717) is 18.4 Å². The van der Waals surface area contributed by atoms with Gasteiger partial charge in [0.05, 0.1) is 0 Å². The number of aliphatic hydroxyl groups excluding tert-OH is 1. The van der Waals surface area contributed by atoms with Crippen LogP contribution in [0.15, 0.2) is 0 Å². The summed E-state index contributed by atoms with van der Waals surface area (Å²) in [5, 5.41) is 9.33. The van der Waals surface area contributed by atoms with Gasteiger partial charge in [-0.25, -0.2) is 0 Å². The van der Waals surface area contributed by atoms with Crippen molar-refractivity contribution in [2.45, 2.75) is 124 Å². The van der Waals surface area contributed by atoms with Gasteiger partial charge in [-0.3, -0.25) is 0 Å². The molecule has 0 aromatic rings. The molecule has 1 nitrogen and oxygen atoms in total. The highest BCUT2D eigenvalue weighted by Gasteiger charge is 2.11. The number of hydrogen-bond acceptors (Lipinski definition) is 2. The predicted molar refractivity (Wildman–Crippen MR) is 122 cm³/mol. The van der Waals surface area contributed by atoms with Crippen molar-refractivity contribution in [3.05, 3.63) is 0 Å². The summed E-state index contributed by atoms with van der Waals surface area (Å²) in [6, 6.07) is 0. The van der Waals surface area contributed by atoms with Gasteiger partial charge in [0.15, 0.2) is 0 Å². The Morgan fingerprint density at radius 1 is 0.615 bits per heavy atom. The summed E-state index contributed by atoms with van der Waals surface area (Å²) in [5.74, 6) is 3.51. The minimum atomic E-state index is 0.351. The van der Waals surface area contributed by atoms with Crippen molar-refractivity contribution >= 4 is 11.8 Å². The molecule has 0 spiro atoms. The highest BCUT2D eigenvalue weighted by molar-refractivity contribution is 7.99. The van der Waals surface area contributed by atoms with Crippen LogP contribution in [-0.4, -0.2) is 23.2 Å². The van der Waals surface area contributed by atoms with Crippen LogP contribution in [0.3, 0.4) is 0 Å². The van der Waals surface area contributed by atoms with Crippen LogP contribution in [0.2, 0.25) is 0 Å². The molecule has 158 valence electrons. The molecule has 0 aliphatic carbocycles. The number of thioether (sulfide) groups is 1. The monoisotopic (exact) mass is 386 g/mol.